The minimum atomic E-state index is -1.15. The molecule has 1 aromatic rings. The van der Waals surface area contributed by atoms with Crippen LogP contribution in [0.3, 0.4) is 0 Å². The van der Waals surface area contributed by atoms with Crippen molar-refractivity contribution in [3.8, 4) is 0 Å². The molecule has 1 amide bonds. The third-order valence-electron chi connectivity index (χ3n) is 3.14. The number of nitro groups is 1. The molecule has 1 saturated heterocycles. The van der Waals surface area contributed by atoms with Crippen molar-refractivity contribution in [2.45, 2.75) is 12.5 Å². The van der Waals surface area contributed by atoms with Crippen molar-refractivity contribution in [1.82, 2.24) is 5.32 Å². The smallest absolute Gasteiger partial charge is 0.305 e. The summed E-state index contributed by atoms with van der Waals surface area (Å²) in [5.41, 5.74) is -0.0712. The van der Waals surface area contributed by atoms with E-state index < -0.39 is 29.3 Å². The Morgan fingerprint density at radius 1 is 1.57 bits per heavy atom. The maximum absolute atomic E-state index is 11.8. The Balaban J connectivity index is 2.44. The standard InChI is InChI=1S/C12H12ClN3O5/c13-7-1-2-8(9(5-7)16(20)21)15-4-3-14-12(19)10(15)6-11(17)18/h1-2,5,10H,3-4,6H2,(H,14,19)(H,17,18). The second-order valence-corrected chi connectivity index (χ2v) is 4.92. The number of carbonyl (C=O) groups excluding carboxylic acids is 1. The predicted molar refractivity (Wildman–Crippen MR) is 74.5 cm³/mol. The molecule has 0 aliphatic carbocycles. The zero-order valence-electron chi connectivity index (χ0n) is 10.8. The van der Waals surface area contributed by atoms with Crippen molar-refractivity contribution in [3.05, 3.63) is 33.3 Å². The fourth-order valence-electron chi connectivity index (χ4n) is 2.26. The number of carboxylic acid groups (broad SMARTS) is 1. The second kappa shape index (κ2) is 5.96. The number of amides is 1. The van der Waals surface area contributed by atoms with Gasteiger partial charge in [0.1, 0.15) is 11.7 Å². The molecule has 0 saturated carbocycles. The minimum Gasteiger partial charge on any atom is -0.481 e. The van der Waals surface area contributed by atoms with Crippen molar-refractivity contribution < 1.29 is 19.6 Å². The lowest BCUT2D eigenvalue weighted by Crippen LogP contribution is -2.56. The molecule has 1 aliphatic heterocycles. The molecule has 0 aromatic heterocycles. The van der Waals surface area contributed by atoms with Crippen LogP contribution in [0.5, 0.6) is 0 Å². The Hall–Kier alpha value is -2.35. The van der Waals surface area contributed by atoms with E-state index in [1.54, 1.807) is 0 Å². The number of halogens is 1. The van der Waals surface area contributed by atoms with Crippen molar-refractivity contribution in [3.63, 3.8) is 0 Å². The molecule has 1 aromatic carbocycles. The van der Waals surface area contributed by atoms with E-state index in [1.165, 1.54) is 23.1 Å². The molecule has 1 unspecified atom stereocenters. The van der Waals surface area contributed by atoms with Gasteiger partial charge in [-0.3, -0.25) is 19.7 Å². The van der Waals surface area contributed by atoms with Gasteiger partial charge in [0, 0.05) is 24.2 Å². The number of nitrogens with zero attached hydrogens (tertiary/aromatic N) is 2. The number of carbonyl (C=O) groups is 2. The number of benzene rings is 1. The van der Waals surface area contributed by atoms with Crippen LogP contribution in [0.1, 0.15) is 6.42 Å². The second-order valence-electron chi connectivity index (χ2n) is 4.49. The number of nitrogens with one attached hydrogen (secondary N) is 1. The van der Waals surface area contributed by atoms with Gasteiger partial charge < -0.3 is 15.3 Å². The Morgan fingerprint density at radius 2 is 2.29 bits per heavy atom. The summed E-state index contributed by atoms with van der Waals surface area (Å²) < 4.78 is 0. The summed E-state index contributed by atoms with van der Waals surface area (Å²) in [7, 11) is 0. The summed E-state index contributed by atoms with van der Waals surface area (Å²) in [6, 6.07) is 3.08. The fourth-order valence-corrected chi connectivity index (χ4v) is 2.42. The topological polar surface area (TPSA) is 113 Å². The molecule has 2 rings (SSSR count). The first-order chi connectivity index (χ1) is 9.90. The average Bonchev–Trinajstić information content (AvgIpc) is 2.41. The first-order valence-corrected chi connectivity index (χ1v) is 6.48. The van der Waals surface area contributed by atoms with Crippen LogP contribution >= 0.6 is 11.6 Å². The van der Waals surface area contributed by atoms with Gasteiger partial charge in [-0.25, -0.2) is 0 Å². The molecule has 9 heteroatoms. The molecule has 0 radical (unpaired) electrons. The SMILES string of the molecule is O=C(O)CC1C(=O)NCCN1c1ccc(Cl)cc1[N+](=O)[O-]. The third-order valence-corrected chi connectivity index (χ3v) is 3.38. The van der Waals surface area contributed by atoms with Crippen LogP contribution in [-0.2, 0) is 9.59 Å². The Kier molecular flexibility index (Phi) is 4.27. The van der Waals surface area contributed by atoms with Gasteiger partial charge in [-0.1, -0.05) is 11.6 Å². The Labute approximate surface area is 124 Å². The van der Waals surface area contributed by atoms with E-state index in [0.717, 1.165) is 0 Å². The number of hydrogen-bond donors (Lipinski definition) is 2. The van der Waals surface area contributed by atoms with Gasteiger partial charge in [-0.15, -0.1) is 0 Å². The summed E-state index contributed by atoms with van der Waals surface area (Å²) >= 11 is 5.75. The van der Waals surface area contributed by atoms with Gasteiger partial charge in [-0.05, 0) is 12.1 Å². The maximum atomic E-state index is 11.8. The van der Waals surface area contributed by atoms with E-state index in [2.05, 4.69) is 5.32 Å². The number of anilines is 1. The lowest BCUT2D eigenvalue weighted by atomic mass is 10.1. The lowest BCUT2D eigenvalue weighted by molar-refractivity contribution is -0.384. The van der Waals surface area contributed by atoms with E-state index in [1.807, 2.05) is 0 Å². The first kappa shape index (κ1) is 15.0. The number of hydrogen-bond acceptors (Lipinski definition) is 5. The average molecular weight is 314 g/mol. The van der Waals surface area contributed by atoms with Crippen LogP contribution in [0.15, 0.2) is 18.2 Å². The van der Waals surface area contributed by atoms with Crippen molar-refractivity contribution in [2.24, 2.45) is 0 Å². The van der Waals surface area contributed by atoms with Crippen LogP contribution < -0.4 is 10.2 Å². The summed E-state index contributed by atoms with van der Waals surface area (Å²) in [5, 5.41) is 22.8. The maximum Gasteiger partial charge on any atom is 0.305 e. The number of nitro benzene ring substituents is 1. The molecule has 1 heterocycles. The third kappa shape index (κ3) is 3.22. The summed E-state index contributed by atoms with van der Waals surface area (Å²) in [4.78, 5) is 34.7. The molecule has 1 fully saturated rings. The van der Waals surface area contributed by atoms with Gasteiger partial charge >= 0.3 is 5.97 Å². The highest BCUT2D eigenvalue weighted by Crippen LogP contribution is 2.33. The van der Waals surface area contributed by atoms with Crippen molar-refractivity contribution in [2.75, 3.05) is 18.0 Å². The van der Waals surface area contributed by atoms with E-state index in [9.17, 15) is 19.7 Å². The number of piperazine rings is 1. The Morgan fingerprint density at radius 3 is 2.90 bits per heavy atom. The molecule has 1 atom stereocenters. The van der Waals surface area contributed by atoms with E-state index in [0.29, 0.717) is 0 Å². The molecule has 0 spiro atoms. The zero-order valence-corrected chi connectivity index (χ0v) is 11.5. The molecule has 0 bridgehead atoms. The summed E-state index contributed by atoms with van der Waals surface area (Å²) in [5.74, 6) is -1.62. The van der Waals surface area contributed by atoms with Crippen LogP contribution in [0.4, 0.5) is 11.4 Å². The number of aliphatic carboxylic acids is 1. The lowest BCUT2D eigenvalue weighted by Gasteiger charge is -2.35. The first-order valence-electron chi connectivity index (χ1n) is 6.10. The number of rotatable bonds is 4. The summed E-state index contributed by atoms with van der Waals surface area (Å²) in [6.45, 7) is 0.570. The Bertz CT molecular complexity index is 607. The van der Waals surface area contributed by atoms with Gasteiger partial charge in [-0.2, -0.15) is 0 Å². The van der Waals surface area contributed by atoms with E-state index >= 15 is 0 Å². The zero-order chi connectivity index (χ0) is 15.6. The normalized spacial score (nSPS) is 18.2. The fraction of sp³-hybridized carbons (Fsp3) is 0.333. The van der Waals surface area contributed by atoms with Gasteiger partial charge in [0.15, 0.2) is 0 Å². The molecular weight excluding hydrogens is 302 g/mol. The van der Waals surface area contributed by atoms with Crippen LogP contribution in [0.2, 0.25) is 5.02 Å². The highest BCUT2D eigenvalue weighted by atomic mass is 35.5. The van der Waals surface area contributed by atoms with E-state index in [-0.39, 0.29) is 29.5 Å². The van der Waals surface area contributed by atoms with Crippen LogP contribution in [0.25, 0.3) is 0 Å². The minimum absolute atomic E-state index is 0.186. The van der Waals surface area contributed by atoms with Gasteiger partial charge in [0.05, 0.1) is 11.3 Å². The van der Waals surface area contributed by atoms with Crippen molar-refractivity contribution in [1.29, 1.82) is 0 Å². The molecule has 1 aliphatic rings. The van der Waals surface area contributed by atoms with Gasteiger partial charge in [0.2, 0.25) is 5.91 Å². The van der Waals surface area contributed by atoms with E-state index in [4.69, 9.17) is 16.7 Å². The molecule has 112 valence electrons. The van der Waals surface area contributed by atoms with Crippen LogP contribution in [0, 0.1) is 10.1 Å². The molecule has 8 nitrogen and oxygen atoms in total. The predicted octanol–water partition coefficient (Wildman–Crippen LogP) is 1.03. The van der Waals surface area contributed by atoms with Gasteiger partial charge in [0.25, 0.3) is 5.69 Å². The molecule has 21 heavy (non-hydrogen) atoms. The molecule has 2 N–H and O–H groups in total. The number of carboxylic acids is 1. The quantitative estimate of drug-likeness (QED) is 0.634. The highest BCUT2D eigenvalue weighted by Gasteiger charge is 2.34. The van der Waals surface area contributed by atoms with Crippen LogP contribution in [-0.4, -0.2) is 41.0 Å². The largest absolute Gasteiger partial charge is 0.481 e. The highest BCUT2D eigenvalue weighted by molar-refractivity contribution is 6.30. The monoisotopic (exact) mass is 313 g/mol. The molecular formula is C12H12ClN3O5. The summed E-state index contributed by atoms with van der Waals surface area (Å²) in [6.07, 6.45) is -0.439. The van der Waals surface area contributed by atoms with Crippen molar-refractivity contribution >= 4 is 34.9 Å².